The summed E-state index contributed by atoms with van der Waals surface area (Å²) < 4.78 is 5.25. The minimum absolute atomic E-state index is 0.330. The molecular weight excluding hydrogens is 266 g/mol. The van der Waals surface area contributed by atoms with Gasteiger partial charge in [-0.1, -0.05) is 24.9 Å². The van der Waals surface area contributed by atoms with Gasteiger partial charge in [0.2, 0.25) is 0 Å². The first-order valence-corrected chi connectivity index (χ1v) is 6.92. The average Bonchev–Trinajstić information content (AvgIpc) is 2.33. The van der Waals surface area contributed by atoms with Gasteiger partial charge < -0.3 is 15.2 Å². The molecule has 0 aliphatic rings. The second-order valence-corrected chi connectivity index (χ2v) is 5.12. The zero-order valence-electron chi connectivity index (χ0n) is 11.7. The van der Waals surface area contributed by atoms with Crippen LogP contribution in [0.25, 0.3) is 0 Å². The molecule has 108 valence electrons. The Balaban J connectivity index is 2.65. The fraction of sp³-hybridized carbons (Fsp3) is 0.692. The van der Waals surface area contributed by atoms with Crippen molar-refractivity contribution in [2.75, 3.05) is 18.5 Å². The number of hydrogen-bond acceptors (Lipinski definition) is 5. The molecule has 0 saturated carbocycles. The normalized spacial score (nSPS) is 14.2. The van der Waals surface area contributed by atoms with E-state index in [0.717, 1.165) is 12.8 Å². The number of aliphatic hydroxyl groups is 1. The fourth-order valence-electron chi connectivity index (χ4n) is 1.72. The Bertz CT molecular complexity index is 399. The quantitative estimate of drug-likeness (QED) is 0.720. The van der Waals surface area contributed by atoms with Gasteiger partial charge in [-0.25, -0.2) is 9.97 Å². The highest BCUT2D eigenvalue weighted by molar-refractivity contribution is 6.29. The van der Waals surface area contributed by atoms with Crippen molar-refractivity contribution in [2.45, 2.75) is 45.8 Å². The van der Waals surface area contributed by atoms with Crippen molar-refractivity contribution in [3.05, 3.63) is 17.0 Å². The van der Waals surface area contributed by atoms with Crippen LogP contribution in [-0.4, -0.2) is 33.8 Å². The fourth-order valence-corrected chi connectivity index (χ4v) is 1.92. The van der Waals surface area contributed by atoms with Crippen LogP contribution in [0.5, 0.6) is 0 Å². The summed E-state index contributed by atoms with van der Waals surface area (Å²) in [5.74, 6) is 1.14. The third-order valence-corrected chi connectivity index (χ3v) is 2.81. The van der Waals surface area contributed by atoms with Gasteiger partial charge in [-0.2, -0.15) is 0 Å². The highest BCUT2D eigenvalue weighted by atomic mass is 35.5. The minimum atomic E-state index is -0.758. The lowest BCUT2D eigenvalue weighted by Gasteiger charge is -2.23. The zero-order valence-corrected chi connectivity index (χ0v) is 12.5. The summed E-state index contributed by atoms with van der Waals surface area (Å²) in [4.78, 5) is 8.37. The molecule has 1 unspecified atom stereocenters. The zero-order chi connectivity index (χ0) is 14.3. The van der Waals surface area contributed by atoms with Gasteiger partial charge in [-0.05, 0) is 20.3 Å². The van der Waals surface area contributed by atoms with Crippen LogP contribution in [0.15, 0.2) is 6.07 Å². The van der Waals surface area contributed by atoms with Gasteiger partial charge in [0.1, 0.15) is 17.6 Å². The molecule has 5 nitrogen and oxygen atoms in total. The molecule has 1 heterocycles. The van der Waals surface area contributed by atoms with Crippen LogP contribution >= 0.6 is 11.6 Å². The topological polar surface area (TPSA) is 67.3 Å². The average molecular weight is 288 g/mol. The maximum absolute atomic E-state index is 10.1. The van der Waals surface area contributed by atoms with E-state index in [-0.39, 0.29) is 0 Å². The van der Waals surface area contributed by atoms with Gasteiger partial charge in [0.15, 0.2) is 5.82 Å². The molecule has 0 radical (unpaired) electrons. The molecule has 0 fully saturated rings. The van der Waals surface area contributed by atoms with E-state index < -0.39 is 5.60 Å². The van der Waals surface area contributed by atoms with Crippen LogP contribution in [0.3, 0.4) is 0 Å². The number of aromatic nitrogens is 2. The van der Waals surface area contributed by atoms with E-state index in [2.05, 4.69) is 15.3 Å². The first-order chi connectivity index (χ1) is 8.96. The number of nitrogens with one attached hydrogen (secondary N) is 1. The SMILES string of the molecule is CCCC(C)(O)CNc1cc(Cl)nc(COCC)n1. The van der Waals surface area contributed by atoms with Crippen molar-refractivity contribution in [1.82, 2.24) is 9.97 Å². The predicted molar refractivity (Wildman–Crippen MR) is 76.4 cm³/mol. The minimum Gasteiger partial charge on any atom is -0.388 e. The Kier molecular flexibility index (Phi) is 6.48. The third-order valence-electron chi connectivity index (χ3n) is 2.62. The summed E-state index contributed by atoms with van der Waals surface area (Å²) in [7, 11) is 0. The Labute approximate surface area is 119 Å². The molecule has 0 amide bonds. The lowest BCUT2D eigenvalue weighted by atomic mass is 10.0. The van der Waals surface area contributed by atoms with Gasteiger partial charge in [-0.3, -0.25) is 0 Å². The third kappa shape index (κ3) is 6.18. The summed E-state index contributed by atoms with van der Waals surface area (Å²) in [6.45, 7) is 7.10. The monoisotopic (exact) mass is 287 g/mol. The van der Waals surface area contributed by atoms with E-state index >= 15 is 0 Å². The number of hydrogen-bond donors (Lipinski definition) is 2. The van der Waals surface area contributed by atoms with E-state index in [1.807, 2.05) is 13.8 Å². The van der Waals surface area contributed by atoms with Gasteiger partial charge in [0.05, 0.1) is 5.60 Å². The molecule has 0 aromatic carbocycles. The molecule has 0 spiro atoms. The molecule has 0 saturated heterocycles. The van der Waals surface area contributed by atoms with Crippen molar-refractivity contribution >= 4 is 17.4 Å². The van der Waals surface area contributed by atoms with Crippen LogP contribution in [0.4, 0.5) is 5.82 Å². The second kappa shape index (κ2) is 7.62. The maximum Gasteiger partial charge on any atom is 0.158 e. The van der Waals surface area contributed by atoms with Crippen LogP contribution in [0.2, 0.25) is 5.15 Å². The molecule has 1 rings (SSSR count). The maximum atomic E-state index is 10.1. The highest BCUT2D eigenvalue weighted by Gasteiger charge is 2.19. The summed E-state index contributed by atoms with van der Waals surface area (Å²) in [6.07, 6.45) is 1.65. The number of rotatable bonds is 8. The molecule has 19 heavy (non-hydrogen) atoms. The van der Waals surface area contributed by atoms with Gasteiger partial charge in [0.25, 0.3) is 0 Å². The Morgan fingerprint density at radius 1 is 1.42 bits per heavy atom. The van der Waals surface area contributed by atoms with Crippen LogP contribution < -0.4 is 5.32 Å². The standard InChI is InChI=1S/C13H22ClN3O2/c1-4-6-13(3,18)9-15-11-7-10(14)16-12(17-11)8-19-5-2/h7,18H,4-6,8-9H2,1-3H3,(H,15,16,17). The van der Waals surface area contributed by atoms with Crippen molar-refractivity contribution in [1.29, 1.82) is 0 Å². The molecule has 0 aliphatic carbocycles. The van der Waals surface area contributed by atoms with E-state index in [1.165, 1.54) is 0 Å². The van der Waals surface area contributed by atoms with Crippen LogP contribution in [0.1, 0.15) is 39.4 Å². The molecule has 1 aromatic rings. The van der Waals surface area contributed by atoms with E-state index in [9.17, 15) is 5.11 Å². The lowest BCUT2D eigenvalue weighted by Crippen LogP contribution is -2.33. The van der Waals surface area contributed by atoms with Crippen molar-refractivity contribution in [3.8, 4) is 0 Å². The summed E-state index contributed by atoms with van der Waals surface area (Å²) >= 11 is 5.93. The Morgan fingerprint density at radius 2 is 2.16 bits per heavy atom. The molecule has 0 aliphatic heterocycles. The molecule has 6 heteroatoms. The highest BCUT2D eigenvalue weighted by Crippen LogP contribution is 2.16. The Hall–Kier alpha value is -0.910. The van der Waals surface area contributed by atoms with Crippen molar-refractivity contribution < 1.29 is 9.84 Å². The second-order valence-electron chi connectivity index (χ2n) is 4.73. The van der Waals surface area contributed by atoms with Crippen molar-refractivity contribution in [2.24, 2.45) is 0 Å². The summed E-state index contributed by atoms with van der Waals surface area (Å²) in [5.41, 5.74) is -0.758. The smallest absolute Gasteiger partial charge is 0.158 e. The largest absolute Gasteiger partial charge is 0.388 e. The lowest BCUT2D eigenvalue weighted by molar-refractivity contribution is 0.0636. The first kappa shape index (κ1) is 16.1. The molecule has 1 aromatic heterocycles. The van der Waals surface area contributed by atoms with Gasteiger partial charge in [0, 0.05) is 19.2 Å². The number of ether oxygens (including phenoxy) is 1. The first-order valence-electron chi connectivity index (χ1n) is 6.54. The summed E-state index contributed by atoms with van der Waals surface area (Å²) in [6, 6.07) is 1.64. The molecule has 1 atom stereocenters. The predicted octanol–water partition coefficient (Wildman–Crippen LogP) is 2.63. The summed E-state index contributed by atoms with van der Waals surface area (Å²) in [5, 5.41) is 13.5. The van der Waals surface area contributed by atoms with Gasteiger partial charge >= 0.3 is 0 Å². The molecular formula is C13H22ClN3O2. The number of halogens is 1. The number of anilines is 1. The molecule has 0 bridgehead atoms. The van der Waals surface area contributed by atoms with E-state index in [0.29, 0.717) is 36.6 Å². The number of nitrogens with zero attached hydrogens (tertiary/aromatic N) is 2. The van der Waals surface area contributed by atoms with Crippen LogP contribution in [0, 0.1) is 0 Å². The van der Waals surface area contributed by atoms with Crippen LogP contribution in [-0.2, 0) is 11.3 Å². The van der Waals surface area contributed by atoms with Gasteiger partial charge in [-0.15, -0.1) is 0 Å². The van der Waals surface area contributed by atoms with Crippen molar-refractivity contribution in [3.63, 3.8) is 0 Å². The Morgan fingerprint density at radius 3 is 2.79 bits per heavy atom. The van der Waals surface area contributed by atoms with E-state index in [4.69, 9.17) is 16.3 Å². The molecule has 2 N–H and O–H groups in total. The van der Waals surface area contributed by atoms with E-state index in [1.54, 1.807) is 13.0 Å².